The van der Waals surface area contributed by atoms with E-state index in [1.165, 1.54) is 16.4 Å². The van der Waals surface area contributed by atoms with Gasteiger partial charge in [-0.15, -0.1) is 0 Å². The fraction of sp³-hybridized carbons (Fsp3) is 0.227. The smallest absolute Gasteiger partial charge is 0.265 e. The number of nitrogens with zero attached hydrogens (tertiary/aromatic N) is 1. The van der Waals surface area contributed by atoms with Crippen LogP contribution in [0.4, 0.5) is 5.69 Å². The first-order valence-corrected chi connectivity index (χ1v) is 11.8. The Morgan fingerprint density at radius 3 is 2.42 bits per heavy atom. The Kier molecular flexibility index (Phi) is 7.30. The molecule has 2 aromatic carbocycles. The summed E-state index contributed by atoms with van der Waals surface area (Å²) in [7, 11) is -4.03. The molecular weight excluding hydrogens is 459 g/mol. The average Bonchev–Trinajstić information content (AvgIpc) is 3.21. The lowest BCUT2D eigenvalue weighted by Gasteiger charge is -2.24. The number of hydrogen-bond donors (Lipinski definition) is 1. The minimum Gasteiger partial charge on any atom is -0.469 e. The van der Waals surface area contributed by atoms with Gasteiger partial charge >= 0.3 is 0 Å². The van der Waals surface area contributed by atoms with Crippen molar-refractivity contribution in [3.63, 3.8) is 0 Å². The van der Waals surface area contributed by atoms with Gasteiger partial charge in [-0.1, -0.05) is 41.4 Å². The summed E-state index contributed by atoms with van der Waals surface area (Å²) in [6.45, 7) is 3.72. The molecule has 1 N–H and O–H groups in total. The molecule has 3 rings (SSSR count). The van der Waals surface area contributed by atoms with Crippen LogP contribution in [0.3, 0.4) is 0 Å². The maximum Gasteiger partial charge on any atom is 0.265 e. The lowest BCUT2D eigenvalue weighted by molar-refractivity contribution is 0.0939. The number of carbonyl (C=O) groups excluding carboxylic acids is 1. The molecule has 1 aromatic heterocycles. The number of nitrogens with one attached hydrogen (secondary N) is 1. The molecule has 164 valence electrons. The largest absolute Gasteiger partial charge is 0.469 e. The van der Waals surface area contributed by atoms with Crippen LogP contribution < -0.4 is 9.62 Å². The summed E-state index contributed by atoms with van der Waals surface area (Å²) in [5.41, 5.74) is 0.522. The summed E-state index contributed by atoms with van der Waals surface area (Å²) in [6.07, 6.45) is 2.04. The van der Waals surface area contributed by atoms with Gasteiger partial charge in [0, 0.05) is 19.0 Å². The quantitative estimate of drug-likeness (QED) is 0.482. The maximum atomic E-state index is 13.4. The molecule has 1 atom stereocenters. The number of para-hydroxylation sites is 1. The van der Waals surface area contributed by atoms with Crippen LogP contribution in [0, 0.1) is 0 Å². The van der Waals surface area contributed by atoms with Gasteiger partial charge in [0.15, 0.2) is 0 Å². The first-order chi connectivity index (χ1) is 14.7. The SMILES string of the molecule is CCN(c1ccccc1)S(=O)(=O)c1cc(C(=O)NC(C)Cc2ccco2)c(Cl)cc1Cl. The summed E-state index contributed by atoms with van der Waals surface area (Å²) in [5.74, 6) is 0.222. The van der Waals surface area contributed by atoms with Gasteiger partial charge in [-0.05, 0) is 50.2 Å². The van der Waals surface area contributed by atoms with Gasteiger partial charge in [-0.3, -0.25) is 9.10 Å². The number of anilines is 1. The van der Waals surface area contributed by atoms with Gasteiger partial charge in [0.05, 0.1) is 27.6 Å². The third kappa shape index (κ3) is 5.23. The highest BCUT2D eigenvalue weighted by molar-refractivity contribution is 7.93. The monoisotopic (exact) mass is 480 g/mol. The number of rotatable bonds is 8. The van der Waals surface area contributed by atoms with E-state index in [1.54, 1.807) is 49.6 Å². The first-order valence-electron chi connectivity index (χ1n) is 9.64. The molecule has 3 aromatic rings. The zero-order valence-electron chi connectivity index (χ0n) is 17.0. The molecule has 31 heavy (non-hydrogen) atoms. The molecular formula is C22H22Cl2N2O4S. The van der Waals surface area contributed by atoms with E-state index in [0.29, 0.717) is 12.1 Å². The second kappa shape index (κ2) is 9.77. The number of sulfonamides is 1. The third-order valence-electron chi connectivity index (χ3n) is 4.63. The Morgan fingerprint density at radius 2 is 1.81 bits per heavy atom. The zero-order valence-corrected chi connectivity index (χ0v) is 19.3. The van der Waals surface area contributed by atoms with E-state index in [9.17, 15) is 13.2 Å². The highest BCUT2D eigenvalue weighted by atomic mass is 35.5. The summed E-state index contributed by atoms with van der Waals surface area (Å²) in [5, 5.41) is 2.82. The minimum absolute atomic E-state index is 0.0278. The number of hydrogen-bond acceptors (Lipinski definition) is 4. The fourth-order valence-corrected chi connectivity index (χ4v) is 5.50. The van der Waals surface area contributed by atoms with Crippen molar-refractivity contribution in [1.29, 1.82) is 0 Å². The van der Waals surface area contributed by atoms with Crippen molar-refractivity contribution in [2.75, 3.05) is 10.8 Å². The second-order valence-electron chi connectivity index (χ2n) is 6.93. The van der Waals surface area contributed by atoms with Crippen LogP contribution in [-0.2, 0) is 16.4 Å². The van der Waals surface area contributed by atoms with Crippen molar-refractivity contribution in [2.45, 2.75) is 31.2 Å². The predicted octanol–water partition coefficient (Wildman–Crippen LogP) is 5.16. The van der Waals surface area contributed by atoms with Crippen molar-refractivity contribution in [1.82, 2.24) is 5.32 Å². The Labute approximate surface area is 191 Å². The van der Waals surface area contributed by atoms with Crippen molar-refractivity contribution in [3.8, 4) is 0 Å². The van der Waals surface area contributed by atoms with Crippen molar-refractivity contribution in [2.24, 2.45) is 0 Å². The molecule has 1 amide bonds. The summed E-state index contributed by atoms with van der Waals surface area (Å²) in [4.78, 5) is 12.6. The van der Waals surface area contributed by atoms with Gasteiger partial charge in [0.2, 0.25) is 0 Å². The van der Waals surface area contributed by atoms with E-state index >= 15 is 0 Å². The van der Waals surface area contributed by atoms with Gasteiger partial charge in [0.1, 0.15) is 10.7 Å². The van der Waals surface area contributed by atoms with Crippen LogP contribution in [0.25, 0.3) is 0 Å². The Balaban J connectivity index is 1.92. The first kappa shape index (κ1) is 23.2. The van der Waals surface area contributed by atoms with Crippen molar-refractivity contribution >= 4 is 44.8 Å². The number of furan rings is 1. The van der Waals surface area contributed by atoms with E-state index in [4.69, 9.17) is 27.6 Å². The standard InChI is InChI=1S/C22H22Cl2N2O4S/c1-3-26(16-8-5-4-6-9-16)31(28,29)21-13-18(19(23)14-20(21)24)22(27)25-15(2)12-17-10-7-11-30-17/h4-11,13-15H,3,12H2,1-2H3,(H,25,27). The van der Waals surface area contributed by atoms with E-state index < -0.39 is 15.9 Å². The summed E-state index contributed by atoms with van der Waals surface area (Å²) >= 11 is 12.5. The van der Waals surface area contributed by atoms with Crippen LogP contribution in [-0.4, -0.2) is 26.9 Å². The molecule has 1 heterocycles. The Morgan fingerprint density at radius 1 is 1.10 bits per heavy atom. The molecule has 0 aliphatic rings. The Hall–Kier alpha value is -2.48. The highest BCUT2D eigenvalue weighted by Crippen LogP contribution is 2.32. The van der Waals surface area contributed by atoms with Crippen molar-refractivity contribution in [3.05, 3.63) is 82.2 Å². The molecule has 1 unspecified atom stereocenters. The molecule has 0 saturated carbocycles. The maximum absolute atomic E-state index is 13.4. The second-order valence-corrected chi connectivity index (χ2v) is 9.57. The summed E-state index contributed by atoms with van der Waals surface area (Å²) < 4.78 is 33.2. The summed E-state index contributed by atoms with van der Waals surface area (Å²) in [6, 6.07) is 14.5. The minimum atomic E-state index is -4.03. The Bertz CT molecular complexity index is 1150. The molecule has 0 fully saturated rings. The van der Waals surface area contributed by atoms with Gasteiger partial charge in [-0.25, -0.2) is 8.42 Å². The molecule has 0 aliphatic heterocycles. The van der Waals surface area contributed by atoms with E-state index in [1.807, 2.05) is 13.0 Å². The highest BCUT2D eigenvalue weighted by Gasteiger charge is 2.28. The number of halogens is 2. The van der Waals surface area contributed by atoms with Crippen LogP contribution in [0.2, 0.25) is 10.0 Å². The van der Waals surface area contributed by atoms with Gasteiger partial charge in [-0.2, -0.15) is 0 Å². The normalized spacial score (nSPS) is 12.4. The molecule has 9 heteroatoms. The van der Waals surface area contributed by atoms with E-state index in [0.717, 1.165) is 5.76 Å². The topological polar surface area (TPSA) is 79.6 Å². The van der Waals surface area contributed by atoms with Crippen LogP contribution in [0.1, 0.15) is 30.0 Å². The third-order valence-corrected chi connectivity index (χ3v) is 7.31. The zero-order chi connectivity index (χ0) is 22.6. The number of carbonyl (C=O) groups is 1. The molecule has 6 nitrogen and oxygen atoms in total. The van der Waals surface area contributed by atoms with Crippen molar-refractivity contribution < 1.29 is 17.6 Å². The van der Waals surface area contributed by atoms with Gasteiger partial charge in [0.25, 0.3) is 15.9 Å². The molecule has 0 bridgehead atoms. The lowest BCUT2D eigenvalue weighted by atomic mass is 10.1. The molecule has 0 aliphatic carbocycles. The molecule has 0 spiro atoms. The number of benzene rings is 2. The predicted molar refractivity (Wildman–Crippen MR) is 122 cm³/mol. The number of amides is 1. The van der Waals surface area contributed by atoms with Crippen LogP contribution in [0.5, 0.6) is 0 Å². The van der Waals surface area contributed by atoms with Crippen LogP contribution in [0.15, 0.2) is 70.2 Å². The van der Waals surface area contributed by atoms with E-state index in [2.05, 4.69) is 5.32 Å². The fourth-order valence-electron chi connectivity index (χ4n) is 3.19. The van der Waals surface area contributed by atoms with Gasteiger partial charge < -0.3 is 9.73 Å². The van der Waals surface area contributed by atoms with E-state index in [-0.39, 0.29) is 33.1 Å². The lowest BCUT2D eigenvalue weighted by Crippen LogP contribution is -2.35. The average molecular weight is 481 g/mol. The molecule has 0 radical (unpaired) electrons. The molecule has 0 saturated heterocycles. The van der Waals surface area contributed by atoms with Crippen LogP contribution >= 0.6 is 23.2 Å².